The van der Waals surface area contributed by atoms with Crippen molar-refractivity contribution >= 4 is 5.84 Å². The molecule has 1 rings (SSSR count). The van der Waals surface area contributed by atoms with Gasteiger partial charge in [0.15, 0.2) is 5.84 Å². The largest absolute Gasteiger partial charge is 0.409 e. The van der Waals surface area contributed by atoms with Crippen LogP contribution in [0.3, 0.4) is 0 Å². The zero-order valence-corrected chi connectivity index (χ0v) is 11.3. The molecule has 0 unspecified atom stereocenters. The third-order valence-corrected chi connectivity index (χ3v) is 2.66. The molecule has 6 heteroatoms. The van der Waals surface area contributed by atoms with E-state index in [2.05, 4.69) is 17.1 Å². The second-order valence-corrected chi connectivity index (χ2v) is 4.15. The van der Waals surface area contributed by atoms with Gasteiger partial charge < -0.3 is 21.0 Å². The van der Waals surface area contributed by atoms with Gasteiger partial charge in [-0.25, -0.2) is 4.39 Å². The number of hydrogen-bond acceptors (Lipinski definition) is 4. The van der Waals surface area contributed by atoms with E-state index in [1.807, 2.05) is 0 Å². The first-order valence-corrected chi connectivity index (χ1v) is 6.34. The molecule has 4 N–H and O–H groups in total. The average Bonchev–Trinajstić information content (AvgIpc) is 2.46. The summed E-state index contributed by atoms with van der Waals surface area (Å²) < 4.78 is 18.5. The van der Waals surface area contributed by atoms with Crippen molar-refractivity contribution in [3.8, 4) is 0 Å². The Balaban J connectivity index is 2.45. The summed E-state index contributed by atoms with van der Waals surface area (Å²) in [6, 6.07) is 4.19. The minimum absolute atomic E-state index is 0.108. The van der Waals surface area contributed by atoms with Crippen LogP contribution in [0.5, 0.6) is 0 Å². The maximum Gasteiger partial charge on any atom is 0.170 e. The van der Waals surface area contributed by atoms with Crippen LogP contribution in [-0.2, 0) is 11.3 Å². The Hall–Kier alpha value is -1.92. The number of oxime groups is 1. The quantitative estimate of drug-likeness (QED) is 0.160. The fraction of sp³-hybridized carbons (Fsp3) is 0.357. The number of halogens is 1. The number of ether oxygens (including phenoxy) is 1. The van der Waals surface area contributed by atoms with Crippen LogP contribution < -0.4 is 11.1 Å². The zero-order chi connectivity index (χ0) is 14.8. The van der Waals surface area contributed by atoms with Gasteiger partial charge in [-0.15, -0.1) is 6.58 Å². The molecule has 0 radical (unpaired) electrons. The number of nitrogens with two attached hydrogens (primary N) is 1. The van der Waals surface area contributed by atoms with Crippen molar-refractivity contribution in [2.45, 2.75) is 13.0 Å². The Labute approximate surface area is 117 Å². The Morgan fingerprint density at radius 1 is 1.50 bits per heavy atom. The Kier molecular flexibility index (Phi) is 7.31. The van der Waals surface area contributed by atoms with Crippen LogP contribution >= 0.6 is 0 Å². The Bertz CT molecular complexity index is 464. The van der Waals surface area contributed by atoms with Crippen molar-refractivity contribution in [3.63, 3.8) is 0 Å². The number of nitrogens with one attached hydrogen (secondary N) is 1. The third-order valence-electron chi connectivity index (χ3n) is 2.66. The fourth-order valence-corrected chi connectivity index (χ4v) is 1.63. The summed E-state index contributed by atoms with van der Waals surface area (Å²) in [7, 11) is 0. The number of amidine groups is 1. The minimum Gasteiger partial charge on any atom is -0.409 e. The first-order chi connectivity index (χ1) is 9.69. The van der Waals surface area contributed by atoms with Gasteiger partial charge in [0.1, 0.15) is 5.82 Å². The van der Waals surface area contributed by atoms with Crippen LogP contribution in [0.2, 0.25) is 0 Å². The van der Waals surface area contributed by atoms with Crippen molar-refractivity contribution in [3.05, 3.63) is 47.8 Å². The van der Waals surface area contributed by atoms with Crippen LogP contribution in [0.25, 0.3) is 0 Å². The summed E-state index contributed by atoms with van der Waals surface area (Å²) in [6.07, 6.45) is 2.63. The topological polar surface area (TPSA) is 79.9 Å². The summed E-state index contributed by atoms with van der Waals surface area (Å²) in [5.41, 5.74) is 6.66. The second-order valence-electron chi connectivity index (χ2n) is 4.15. The molecule has 0 aliphatic heterocycles. The SMILES string of the molecule is C=CCCOCCNCc1ccc(F)cc1/C(N)=N\O. The molecule has 0 saturated carbocycles. The highest BCUT2D eigenvalue weighted by Gasteiger charge is 2.08. The normalized spacial score (nSPS) is 11.6. The van der Waals surface area contributed by atoms with E-state index in [1.54, 1.807) is 12.1 Å². The van der Waals surface area contributed by atoms with Gasteiger partial charge in [0.2, 0.25) is 0 Å². The van der Waals surface area contributed by atoms with Gasteiger partial charge in [0.25, 0.3) is 0 Å². The molecular formula is C14H20FN3O2. The predicted molar refractivity (Wildman–Crippen MR) is 76.3 cm³/mol. The van der Waals surface area contributed by atoms with Gasteiger partial charge in [-0.3, -0.25) is 0 Å². The highest BCUT2D eigenvalue weighted by atomic mass is 19.1. The highest BCUT2D eigenvalue weighted by Crippen LogP contribution is 2.11. The van der Waals surface area contributed by atoms with Gasteiger partial charge in [0.05, 0.1) is 13.2 Å². The first kappa shape index (κ1) is 16.1. The van der Waals surface area contributed by atoms with E-state index >= 15 is 0 Å². The summed E-state index contributed by atoms with van der Waals surface area (Å²) in [4.78, 5) is 0. The first-order valence-electron chi connectivity index (χ1n) is 6.34. The maximum absolute atomic E-state index is 13.2. The van der Waals surface area contributed by atoms with Crippen LogP contribution in [0.1, 0.15) is 17.5 Å². The van der Waals surface area contributed by atoms with Gasteiger partial charge >= 0.3 is 0 Å². The molecule has 0 fully saturated rings. The van der Waals surface area contributed by atoms with Gasteiger partial charge in [-0.1, -0.05) is 17.3 Å². The predicted octanol–water partition coefficient (Wildman–Crippen LogP) is 1.60. The van der Waals surface area contributed by atoms with Crippen LogP contribution in [-0.4, -0.2) is 30.8 Å². The number of benzene rings is 1. The van der Waals surface area contributed by atoms with Crippen molar-refractivity contribution < 1.29 is 14.3 Å². The zero-order valence-electron chi connectivity index (χ0n) is 11.3. The van der Waals surface area contributed by atoms with E-state index in [1.165, 1.54) is 12.1 Å². The molecule has 110 valence electrons. The Morgan fingerprint density at radius 2 is 2.30 bits per heavy atom. The maximum atomic E-state index is 13.2. The van der Waals surface area contributed by atoms with Crippen LogP contribution in [0, 0.1) is 5.82 Å². The van der Waals surface area contributed by atoms with Crippen molar-refractivity contribution in [1.82, 2.24) is 5.32 Å². The second kappa shape index (κ2) is 9.06. The monoisotopic (exact) mass is 281 g/mol. The van der Waals surface area contributed by atoms with Crippen molar-refractivity contribution in [2.75, 3.05) is 19.8 Å². The smallest absolute Gasteiger partial charge is 0.170 e. The molecular weight excluding hydrogens is 261 g/mol. The third kappa shape index (κ3) is 5.38. The number of hydrogen-bond donors (Lipinski definition) is 3. The molecule has 5 nitrogen and oxygen atoms in total. The molecule has 0 atom stereocenters. The molecule has 0 aromatic heterocycles. The van der Waals surface area contributed by atoms with Gasteiger partial charge in [0, 0.05) is 18.7 Å². The number of nitrogens with zero attached hydrogens (tertiary/aromatic N) is 1. The molecule has 1 aromatic carbocycles. The number of rotatable bonds is 9. The summed E-state index contributed by atoms with van der Waals surface area (Å²) in [6.45, 7) is 5.97. The summed E-state index contributed by atoms with van der Waals surface area (Å²) >= 11 is 0. The summed E-state index contributed by atoms with van der Waals surface area (Å²) in [5.74, 6) is -0.536. The van der Waals surface area contributed by atoms with Gasteiger partial charge in [-0.2, -0.15) is 0 Å². The van der Waals surface area contributed by atoms with Crippen LogP contribution in [0.4, 0.5) is 4.39 Å². The molecule has 0 spiro atoms. The summed E-state index contributed by atoms with van der Waals surface area (Å²) in [5, 5.41) is 14.7. The lowest BCUT2D eigenvalue weighted by molar-refractivity contribution is 0.140. The molecule has 0 saturated heterocycles. The molecule has 0 amide bonds. The fourth-order valence-electron chi connectivity index (χ4n) is 1.63. The minimum atomic E-state index is -0.428. The van der Waals surface area contributed by atoms with Gasteiger partial charge in [-0.05, 0) is 24.1 Å². The standard InChI is InChI=1S/C14H20FN3O2/c1-2-3-7-20-8-6-17-10-11-4-5-12(15)9-13(11)14(16)18-19/h2,4-5,9,17,19H,1,3,6-8,10H2,(H2,16,18). The van der Waals surface area contributed by atoms with Crippen molar-refractivity contribution in [1.29, 1.82) is 0 Å². The highest BCUT2D eigenvalue weighted by molar-refractivity contribution is 5.98. The van der Waals surface area contributed by atoms with Crippen LogP contribution in [0.15, 0.2) is 36.0 Å². The van der Waals surface area contributed by atoms with E-state index < -0.39 is 5.82 Å². The molecule has 1 aromatic rings. The average molecular weight is 281 g/mol. The molecule has 20 heavy (non-hydrogen) atoms. The van der Waals surface area contributed by atoms with E-state index in [0.29, 0.717) is 31.9 Å². The van der Waals surface area contributed by atoms with E-state index in [4.69, 9.17) is 15.7 Å². The molecule has 0 aliphatic carbocycles. The van der Waals surface area contributed by atoms with E-state index in [-0.39, 0.29) is 5.84 Å². The molecule has 0 heterocycles. The van der Waals surface area contributed by atoms with E-state index in [9.17, 15) is 4.39 Å². The lowest BCUT2D eigenvalue weighted by Crippen LogP contribution is -2.23. The lowest BCUT2D eigenvalue weighted by Gasteiger charge is -2.10. The lowest BCUT2D eigenvalue weighted by atomic mass is 10.1. The van der Waals surface area contributed by atoms with E-state index in [0.717, 1.165) is 12.0 Å². The Morgan fingerprint density at radius 3 is 3.00 bits per heavy atom. The molecule has 0 aliphatic rings. The molecule has 0 bridgehead atoms. The van der Waals surface area contributed by atoms with Crippen molar-refractivity contribution in [2.24, 2.45) is 10.9 Å².